The molecule has 1 aliphatic carbocycles. The van der Waals surface area contributed by atoms with Crippen molar-refractivity contribution in [2.24, 2.45) is 0 Å². The molecule has 1 aliphatic rings. The van der Waals surface area contributed by atoms with E-state index in [0.717, 1.165) is 39.3 Å². The van der Waals surface area contributed by atoms with Crippen molar-refractivity contribution >= 4 is 60.8 Å². The molecule has 2 heterocycles. The Kier molecular flexibility index (Phi) is 5.63. The van der Waals surface area contributed by atoms with Crippen molar-refractivity contribution in [2.75, 3.05) is 4.90 Å². The lowest BCUT2D eigenvalue weighted by Crippen LogP contribution is -2.15. The summed E-state index contributed by atoms with van der Waals surface area (Å²) in [5.41, 5.74) is 13.9. The zero-order valence-electron chi connectivity index (χ0n) is 26.8. The van der Waals surface area contributed by atoms with E-state index in [1.807, 2.05) is 6.07 Å². The third-order valence-electron chi connectivity index (χ3n) is 10.3. The molecule has 9 aromatic rings. The Balaban J connectivity index is 1.27. The number of benzene rings is 7. The van der Waals surface area contributed by atoms with Crippen LogP contribution in [0.4, 0.5) is 17.1 Å². The topological polar surface area (TPSA) is 21.3 Å². The van der Waals surface area contributed by atoms with Gasteiger partial charge in [-0.2, -0.15) is 0 Å². The number of para-hydroxylation sites is 4. The van der Waals surface area contributed by atoms with Crippen LogP contribution in [-0.4, -0.2) is 4.57 Å². The maximum absolute atomic E-state index is 6.37. The highest BCUT2D eigenvalue weighted by Gasteiger charge is 2.37. The van der Waals surface area contributed by atoms with E-state index >= 15 is 0 Å². The van der Waals surface area contributed by atoms with Crippen LogP contribution in [0.15, 0.2) is 162 Å². The van der Waals surface area contributed by atoms with E-state index < -0.39 is 0 Å². The summed E-state index contributed by atoms with van der Waals surface area (Å²) in [7, 11) is 0. The SMILES string of the molecule is CC1(C)c2cc3oc4ccccc4c3cc2-c2cc3c4cc(N(c5ccccc5)c5ccccc5)ccc4n(-c4ccccc4)c3cc21. The normalized spacial score (nSPS) is 13.4. The van der Waals surface area contributed by atoms with Gasteiger partial charge in [0.1, 0.15) is 11.2 Å². The maximum Gasteiger partial charge on any atom is 0.135 e. The number of anilines is 3. The second kappa shape index (κ2) is 9.97. The summed E-state index contributed by atoms with van der Waals surface area (Å²) in [6, 6.07) is 56.9. The molecule has 7 aromatic carbocycles. The second-order valence-corrected chi connectivity index (χ2v) is 13.4. The molecular formula is C45H32N2O. The van der Waals surface area contributed by atoms with Crippen LogP contribution in [-0.2, 0) is 5.41 Å². The van der Waals surface area contributed by atoms with Gasteiger partial charge in [-0.25, -0.2) is 0 Å². The Morgan fingerprint density at radius 3 is 1.75 bits per heavy atom. The smallest absolute Gasteiger partial charge is 0.135 e. The third kappa shape index (κ3) is 3.82. The largest absolute Gasteiger partial charge is 0.456 e. The summed E-state index contributed by atoms with van der Waals surface area (Å²) >= 11 is 0. The lowest BCUT2D eigenvalue weighted by Gasteiger charge is -2.25. The summed E-state index contributed by atoms with van der Waals surface area (Å²) in [6.45, 7) is 4.70. The van der Waals surface area contributed by atoms with Crippen molar-refractivity contribution in [2.45, 2.75) is 19.3 Å². The van der Waals surface area contributed by atoms with Crippen LogP contribution >= 0.6 is 0 Å². The van der Waals surface area contributed by atoms with E-state index in [1.54, 1.807) is 0 Å². The van der Waals surface area contributed by atoms with E-state index in [1.165, 1.54) is 49.4 Å². The molecule has 3 nitrogen and oxygen atoms in total. The molecule has 228 valence electrons. The number of hydrogen-bond acceptors (Lipinski definition) is 2. The molecule has 0 amide bonds. The van der Waals surface area contributed by atoms with Gasteiger partial charge in [-0.1, -0.05) is 86.6 Å². The molecule has 0 saturated carbocycles. The second-order valence-electron chi connectivity index (χ2n) is 13.4. The van der Waals surface area contributed by atoms with Gasteiger partial charge >= 0.3 is 0 Å². The fourth-order valence-electron chi connectivity index (χ4n) is 8.05. The minimum Gasteiger partial charge on any atom is -0.456 e. The highest BCUT2D eigenvalue weighted by molar-refractivity contribution is 6.14. The Morgan fingerprint density at radius 2 is 1.04 bits per heavy atom. The van der Waals surface area contributed by atoms with Crippen molar-refractivity contribution in [1.82, 2.24) is 4.57 Å². The summed E-state index contributed by atoms with van der Waals surface area (Å²) < 4.78 is 8.80. The lowest BCUT2D eigenvalue weighted by atomic mass is 9.82. The van der Waals surface area contributed by atoms with Crippen molar-refractivity contribution in [3.05, 3.63) is 169 Å². The minimum atomic E-state index is -0.188. The highest BCUT2D eigenvalue weighted by Crippen LogP contribution is 2.53. The quantitative estimate of drug-likeness (QED) is 0.196. The molecule has 3 heteroatoms. The van der Waals surface area contributed by atoms with Gasteiger partial charge in [0.2, 0.25) is 0 Å². The molecule has 0 radical (unpaired) electrons. The summed E-state index contributed by atoms with van der Waals surface area (Å²) in [4.78, 5) is 2.34. The molecule has 0 saturated heterocycles. The Labute approximate surface area is 278 Å². The zero-order chi connectivity index (χ0) is 32.0. The fourth-order valence-corrected chi connectivity index (χ4v) is 8.05. The molecule has 10 rings (SSSR count). The molecule has 2 aromatic heterocycles. The molecule has 0 fully saturated rings. The van der Waals surface area contributed by atoms with E-state index in [4.69, 9.17) is 4.42 Å². The van der Waals surface area contributed by atoms with Gasteiger partial charge in [-0.15, -0.1) is 0 Å². The molecule has 0 unspecified atom stereocenters. The van der Waals surface area contributed by atoms with Gasteiger partial charge in [0.05, 0.1) is 11.0 Å². The molecule has 0 atom stereocenters. The predicted octanol–water partition coefficient (Wildman–Crippen LogP) is 12.5. The van der Waals surface area contributed by atoms with Gasteiger partial charge in [0, 0.05) is 49.7 Å². The van der Waals surface area contributed by atoms with Crippen LogP contribution in [0.1, 0.15) is 25.0 Å². The molecule has 48 heavy (non-hydrogen) atoms. The van der Waals surface area contributed by atoms with Gasteiger partial charge in [-0.05, 0) is 107 Å². The summed E-state index contributed by atoms with van der Waals surface area (Å²) in [5, 5.41) is 4.81. The Morgan fingerprint density at radius 1 is 0.458 bits per heavy atom. The van der Waals surface area contributed by atoms with Gasteiger partial charge < -0.3 is 13.9 Å². The van der Waals surface area contributed by atoms with E-state index in [-0.39, 0.29) is 5.41 Å². The van der Waals surface area contributed by atoms with Gasteiger partial charge in [-0.3, -0.25) is 0 Å². The van der Waals surface area contributed by atoms with Crippen molar-refractivity contribution in [3.8, 4) is 16.8 Å². The lowest BCUT2D eigenvalue weighted by molar-refractivity contribution is 0.647. The first kappa shape index (κ1) is 27.1. The Bertz CT molecular complexity index is 2640. The number of furan rings is 1. The highest BCUT2D eigenvalue weighted by atomic mass is 16.3. The predicted molar refractivity (Wildman–Crippen MR) is 200 cm³/mol. The third-order valence-corrected chi connectivity index (χ3v) is 10.3. The van der Waals surface area contributed by atoms with E-state index in [0.29, 0.717) is 0 Å². The first-order chi connectivity index (χ1) is 23.6. The standard InChI is InChI=1S/C45H32N2O/c1-45(2)39-27-42-37(25-34(39)35-26-38-33-20-12-13-21-43(33)48-44(38)28-40(35)45)36-24-32(22-23-41(36)47(42)31-18-10-5-11-19-31)46(29-14-6-3-7-15-29)30-16-8-4-9-17-30/h3-28H,1-2H3. The molecule has 0 N–H and O–H groups in total. The van der Waals surface area contributed by atoms with Crippen molar-refractivity contribution in [3.63, 3.8) is 0 Å². The first-order valence-corrected chi connectivity index (χ1v) is 16.6. The molecular weight excluding hydrogens is 585 g/mol. The molecule has 0 aliphatic heterocycles. The fraction of sp³-hybridized carbons (Fsp3) is 0.0667. The number of rotatable bonds is 4. The Hall–Kier alpha value is -6.06. The number of aromatic nitrogens is 1. The monoisotopic (exact) mass is 616 g/mol. The maximum atomic E-state index is 6.37. The summed E-state index contributed by atoms with van der Waals surface area (Å²) in [5.74, 6) is 0. The number of hydrogen-bond donors (Lipinski definition) is 0. The molecule has 0 spiro atoms. The number of fused-ring (bicyclic) bond motifs is 9. The van der Waals surface area contributed by atoms with E-state index in [9.17, 15) is 0 Å². The average Bonchev–Trinajstić information content (AvgIpc) is 3.73. The van der Waals surface area contributed by atoms with Gasteiger partial charge in [0.25, 0.3) is 0 Å². The van der Waals surface area contributed by atoms with Crippen LogP contribution in [0.5, 0.6) is 0 Å². The van der Waals surface area contributed by atoms with Crippen LogP contribution in [0, 0.1) is 0 Å². The van der Waals surface area contributed by atoms with E-state index in [2.05, 4.69) is 175 Å². The first-order valence-electron chi connectivity index (χ1n) is 16.6. The van der Waals surface area contributed by atoms with Crippen LogP contribution < -0.4 is 4.90 Å². The number of nitrogens with zero attached hydrogens (tertiary/aromatic N) is 2. The van der Waals surface area contributed by atoms with Crippen LogP contribution in [0.25, 0.3) is 60.6 Å². The zero-order valence-corrected chi connectivity index (χ0v) is 26.8. The minimum absolute atomic E-state index is 0.188. The average molecular weight is 617 g/mol. The molecule has 0 bridgehead atoms. The van der Waals surface area contributed by atoms with Crippen molar-refractivity contribution in [1.29, 1.82) is 0 Å². The van der Waals surface area contributed by atoms with Crippen LogP contribution in [0.3, 0.4) is 0 Å². The van der Waals surface area contributed by atoms with Crippen molar-refractivity contribution < 1.29 is 4.42 Å². The summed E-state index contributed by atoms with van der Waals surface area (Å²) in [6.07, 6.45) is 0. The van der Waals surface area contributed by atoms with Crippen LogP contribution in [0.2, 0.25) is 0 Å². The van der Waals surface area contributed by atoms with Gasteiger partial charge in [0.15, 0.2) is 0 Å².